The standard InChI is InChI=1S/C8H17NO/c1-7(10)5-8(2,3)6-9-4/h9H,5-6H2,1-4H3. The summed E-state index contributed by atoms with van der Waals surface area (Å²) in [4.78, 5) is 10.7. The number of carbonyl (C=O) groups excluding carboxylic acids is 1. The molecule has 0 fully saturated rings. The molecule has 0 spiro atoms. The molecular weight excluding hydrogens is 126 g/mol. The van der Waals surface area contributed by atoms with Crippen molar-refractivity contribution in [1.29, 1.82) is 0 Å². The van der Waals surface area contributed by atoms with Crippen LogP contribution in [0, 0.1) is 5.41 Å². The molecule has 0 amide bonds. The molecule has 0 saturated carbocycles. The van der Waals surface area contributed by atoms with Crippen molar-refractivity contribution in [2.24, 2.45) is 5.41 Å². The quantitative estimate of drug-likeness (QED) is 0.641. The molecule has 0 saturated heterocycles. The fourth-order valence-corrected chi connectivity index (χ4v) is 1.21. The second kappa shape index (κ2) is 3.71. The summed E-state index contributed by atoms with van der Waals surface area (Å²) < 4.78 is 0. The largest absolute Gasteiger partial charge is 0.319 e. The molecule has 0 aromatic rings. The number of hydrogen-bond donors (Lipinski definition) is 1. The number of carbonyl (C=O) groups is 1. The van der Waals surface area contributed by atoms with Crippen molar-refractivity contribution in [3.05, 3.63) is 0 Å². The number of nitrogens with one attached hydrogen (secondary N) is 1. The summed E-state index contributed by atoms with van der Waals surface area (Å²) in [5, 5.41) is 3.06. The average molecular weight is 143 g/mol. The Morgan fingerprint density at radius 2 is 2.00 bits per heavy atom. The maximum atomic E-state index is 10.7. The maximum absolute atomic E-state index is 10.7. The molecule has 0 atom stereocenters. The molecular formula is C8H17NO. The molecule has 0 aliphatic carbocycles. The van der Waals surface area contributed by atoms with E-state index in [9.17, 15) is 4.79 Å². The Morgan fingerprint density at radius 3 is 2.30 bits per heavy atom. The van der Waals surface area contributed by atoms with Crippen molar-refractivity contribution in [2.45, 2.75) is 27.2 Å². The second-order valence-corrected chi connectivity index (χ2v) is 3.57. The Labute approximate surface area is 63.0 Å². The highest BCUT2D eigenvalue weighted by Crippen LogP contribution is 2.18. The van der Waals surface area contributed by atoms with Crippen LogP contribution in [0.1, 0.15) is 27.2 Å². The van der Waals surface area contributed by atoms with E-state index in [1.54, 1.807) is 6.92 Å². The molecule has 0 aromatic heterocycles. The summed E-state index contributed by atoms with van der Waals surface area (Å²) in [6.45, 7) is 6.71. The van der Waals surface area contributed by atoms with Gasteiger partial charge in [0.05, 0.1) is 0 Å². The summed E-state index contributed by atoms with van der Waals surface area (Å²) in [5.74, 6) is 0.264. The van der Waals surface area contributed by atoms with Crippen LogP contribution in [0.3, 0.4) is 0 Å². The van der Waals surface area contributed by atoms with Crippen LogP contribution in [0.15, 0.2) is 0 Å². The molecule has 0 rings (SSSR count). The number of hydrogen-bond acceptors (Lipinski definition) is 2. The van der Waals surface area contributed by atoms with Gasteiger partial charge in [0.25, 0.3) is 0 Å². The van der Waals surface area contributed by atoms with E-state index in [1.807, 2.05) is 7.05 Å². The van der Waals surface area contributed by atoms with Gasteiger partial charge in [-0.15, -0.1) is 0 Å². The molecule has 1 N–H and O–H groups in total. The van der Waals surface area contributed by atoms with Gasteiger partial charge >= 0.3 is 0 Å². The average Bonchev–Trinajstić information content (AvgIpc) is 1.59. The molecule has 0 bridgehead atoms. The summed E-state index contributed by atoms with van der Waals surface area (Å²) >= 11 is 0. The Balaban J connectivity index is 3.74. The van der Waals surface area contributed by atoms with Crippen LogP contribution in [-0.4, -0.2) is 19.4 Å². The lowest BCUT2D eigenvalue weighted by molar-refractivity contribution is -0.118. The number of ketones is 1. The lowest BCUT2D eigenvalue weighted by Gasteiger charge is -2.22. The Bertz CT molecular complexity index is 118. The molecule has 2 heteroatoms. The van der Waals surface area contributed by atoms with Crippen molar-refractivity contribution in [3.8, 4) is 0 Å². The fourth-order valence-electron chi connectivity index (χ4n) is 1.21. The van der Waals surface area contributed by atoms with Crippen LogP contribution >= 0.6 is 0 Å². The van der Waals surface area contributed by atoms with Gasteiger partial charge in [0.2, 0.25) is 0 Å². The van der Waals surface area contributed by atoms with E-state index in [-0.39, 0.29) is 11.2 Å². The highest BCUT2D eigenvalue weighted by molar-refractivity contribution is 5.76. The highest BCUT2D eigenvalue weighted by atomic mass is 16.1. The van der Waals surface area contributed by atoms with E-state index in [4.69, 9.17) is 0 Å². The van der Waals surface area contributed by atoms with Crippen molar-refractivity contribution >= 4 is 5.78 Å². The van der Waals surface area contributed by atoms with Gasteiger partial charge in [0.15, 0.2) is 0 Å². The summed E-state index contributed by atoms with van der Waals surface area (Å²) in [7, 11) is 1.90. The van der Waals surface area contributed by atoms with Crippen molar-refractivity contribution in [2.75, 3.05) is 13.6 Å². The van der Waals surface area contributed by atoms with Crippen LogP contribution < -0.4 is 5.32 Å². The van der Waals surface area contributed by atoms with Gasteiger partial charge in [-0.2, -0.15) is 0 Å². The van der Waals surface area contributed by atoms with Crippen LogP contribution in [0.2, 0.25) is 0 Å². The third-order valence-electron chi connectivity index (χ3n) is 1.38. The van der Waals surface area contributed by atoms with Gasteiger partial charge in [0, 0.05) is 13.0 Å². The van der Waals surface area contributed by atoms with Gasteiger partial charge in [-0.05, 0) is 19.4 Å². The zero-order valence-corrected chi connectivity index (χ0v) is 7.32. The normalized spacial score (nSPS) is 11.6. The molecule has 0 heterocycles. The first-order valence-electron chi connectivity index (χ1n) is 3.62. The third kappa shape index (κ3) is 4.50. The minimum atomic E-state index is 0.112. The van der Waals surface area contributed by atoms with E-state index in [1.165, 1.54) is 0 Å². The smallest absolute Gasteiger partial charge is 0.130 e. The van der Waals surface area contributed by atoms with Gasteiger partial charge in [-0.25, -0.2) is 0 Å². The third-order valence-corrected chi connectivity index (χ3v) is 1.38. The van der Waals surface area contributed by atoms with Crippen LogP contribution in [0.25, 0.3) is 0 Å². The van der Waals surface area contributed by atoms with E-state index in [0.29, 0.717) is 6.42 Å². The van der Waals surface area contributed by atoms with E-state index in [2.05, 4.69) is 19.2 Å². The summed E-state index contributed by atoms with van der Waals surface area (Å²) in [5.41, 5.74) is 0.112. The highest BCUT2D eigenvalue weighted by Gasteiger charge is 2.18. The Kier molecular flexibility index (Phi) is 3.58. The molecule has 0 unspecified atom stereocenters. The van der Waals surface area contributed by atoms with Crippen molar-refractivity contribution < 1.29 is 4.79 Å². The summed E-state index contributed by atoms with van der Waals surface area (Å²) in [6.07, 6.45) is 0.661. The van der Waals surface area contributed by atoms with E-state index >= 15 is 0 Å². The monoisotopic (exact) mass is 143 g/mol. The van der Waals surface area contributed by atoms with E-state index < -0.39 is 0 Å². The first-order valence-corrected chi connectivity index (χ1v) is 3.62. The topological polar surface area (TPSA) is 29.1 Å². The SMILES string of the molecule is CNCC(C)(C)CC(C)=O. The molecule has 2 nitrogen and oxygen atoms in total. The zero-order chi connectivity index (χ0) is 8.20. The summed E-state index contributed by atoms with van der Waals surface area (Å²) in [6, 6.07) is 0. The first kappa shape index (κ1) is 9.63. The molecule has 0 radical (unpaired) electrons. The molecule has 0 aliphatic heterocycles. The van der Waals surface area contributed by atoms with Gasteiger partial charge in [-0.3, -0.25) is 0 Å². The number of rotatable bonds is 4. The van der Waals surface area contributed by atoms with E-state index in [0.717, 1.165) is 6.54 Å². The van der Waals surface area contributed by atoms with Crippen LogP contribution in [0.4, 0.5) is 0 Å². The van der Waals surface area contributed by atoms with Gasteiger partial charge < -0.3 is 10.1 Å². The Morgan fingerprint density at radius 1 is 1.50 bits per heavy atom. The lowest BCUT2D eigenvalue weighted by Crippen LogP contribution is -2.28. The maximum Gasteiger partial charge on any atom is 0.130 e. The predicted molar refractivity (Wildman–Crippen MR) is 43.0 cm³/mol. The molecule has 60 valence electrons. The van der Waals surface area contributed by atoms with Gasteiger partial charge in [-0.1, -0.05) is 13.8 Å². The minimum absolute atomic E-state index is 0.112. The van der Waals surface area contributed by atoms with Gasteiger partial charge in [0.1, 0.15) is 5.78 Å². The lowest BCUT2D eigenvalue weighted by atomic mass is 9.88. The number of Topliss-reactive ketones (excluding diaryl/α,β-unsaturated/α-hetero) is 1. The fraction of sp³-hybridized carbons (Fsp3) is 0.875. The Hall–Kier alpha value is -0.370. The van der Waals surface area contributed by atoms with Crippen molar-refractivity contribution in [1.82, 2.24) is 5.32 Å². The molecule has 0 aliphatic rings. The second-order valence-electron chi connectivity index (χ2n) is 3.57. The first-order chi connectivity index (χ1) is 4.48. The predicted octanol–water partition coefficient (Wildman–Crippen LogP) is 1.21. The molecule has 10 heavy (non-hydrogen) atoms. The zero-order valence-electron chi connectivity index (χ0n) is 7.32. The van der Waals surface area contributed by atoms with Crippen LogP contribution in [0.5, 0.6) is 0 Å². The van der Waals surface area contributed by atoms with Crippen LogP contribution in [-0.2, 0) is 4.79 Å². The molecule has 0 aromatic carbocycles. The van der Waals surface area contributed by atoms with Crippen molar-refractivity contribution in [3.63, 3.8) is 0 Å². The minimum Gasteiger partial charge on any atom is -0.319 e.